The van der Waals surface area contributed by atoms with Crippen molar-refractivity contribution < 1.29 is 27.6 Å². The summed E-state index contributed by atoms with van der Waals surface area (Å²) in [6.45, 7) is 0. The Morgan fingerprint density at radius 3 is 2.20 bits per heavy atom. The number of nitrogens with one attached hydrogen (secondary N) is 1. The third kappa shape index (κ3) is 7.73. The normalized spacial score (nSPS) is 21.2. The summed E-state index contributed by atoms with van der Waals surface area (Å²) in [7, 11) is 0. The number of hydrogen-bond acceptors (Lipinski definition) is 7. The lowest BCUT2D eigenvalue weighted by Gasteiger charge is -2.44. The van der Waals surface area contributed by atoms with E-state index < -0.39 is 29.8 Å². The molecule has 2 aromatic carbocycles. The molecule has 2 fully saturated rings. The fraction of sp³-hybridized carbons (Fsp3) is 0.455. The lowest BCUT2D eigenvalue weighted by atomic mass is 9.83. The molecule has 1 unspecified atom stereocenters. The van der Waals surface area contributed by atoms with E-state index in [1.165, 1.54) is 36.5 Å². The molecule has 1 atom stereocenters. The summed E-state index contributed by atoms with van der Waals surface area (Å²) in [6.07, 6.45) is 0.127. The number of rotatable bonds is 3. The highest BCUT2D eigenvalue weighted by atomic mass is 32.2. The van der Waals surface area contributed by atoms with Crippen molar-refractivity contribution in [2.45, 2.75) is 69.2 Å². The number of nitriles is 1. The predicted molar refractivity (Wildman–Crippen MR) is 174 cm³/mol. The van der Waals surface area contributed by atoms with Gasteiger partial charge < -0.3 is 11.1 Å². The van der Waals surface area contributed by atoms with E-state index in [9.17, 15) is 32.8 Å². The molecule has 3 heterocycles. The van der Waals surface area contributed by atoms with Crippen LogP contribution < -0.4 is 16.0 Å². The predicted octanol–water partition coefficient (Wildman–Crippen LogP) is 7.01. The summed E-state index contributed by atoms with van der Waals surface area (Å²) in [5, 5.41) is 12.2. The van der Waals surface area contributed by atoms with Crippen LogP contribution in [0.4, 0.5) is 28.4 Å². The van der Waals surface area contributed by atoms with Gasteiger partial charge in [-0.2, -0.15) is 42.0 Å². The molecule has 3 N–H and O–H groups in total. The van der Waals surface area contributed by atoms with Crippen molar-refractivity contribution in [1.29, 1.82) is 5.26 Å². The largest absolute Gasteiger partial charge is 0.416 e. The fourth-order valence-electron chi connectivity index (χ4n) is 6.00. The second kappa shape index (κ2) is 15.0. The molecule has 8 nitrogen and oxygen atoms in total. The summed E-state index contributed by atoms with van der Waals surface area (Å²) >= 11 is 3.79. The van der Waals surface area contributed by atoms with Gasteiger partial charge in [-0.25, -0.2) is 14.5 Å². The SMILES string of the molecule is N#Cc1ccc(C2C3=C(CCCC3=O)N(c3cccc(C(F)(F)F)c3)C(=O)N2C(=O)NC2CCSCC2)cc1.NC1CCSCC1. The number of alkyl halides is 3. The highest BCUT2D eigenvalue weighted by molar-refractivity contribution is 7.99. The zero-order chi connectivity index (χ0) is 32.8. The van der Waals surface area contributed by atoms with E-state index in [4.69, 9.17) is 5.73 Å². The Morgan fingerprint density at radius 1 is 0.957 bits per heavy atom. The molecule has 2 aromatic rings. The number of nitrogens with two attached hydrogens (primary N) is 1. The smallest absolute Gasteiger partial charge is 0.335 e. The number of ketones is 1. The zero-order valence-corrected chi connectivity index (χ0v) is 26.9. The maximum Gasteiger partial charge on any atom is 0.416 e. The molecule has 0 aromatic heterocycles. The van der Waals surface area contributed by atoms with Crippen LogP contribution in [0.25, 0.3) is 0 Å². The van der Waals surface area contributed by atoms with Gasteiger partial charge in [-0.05, 0) is 97.4 Å². The van der Waals surface area contributed by atoms with Gasteiger partial charge in [0.2, 0.25) is 0 Å². The van der Waals surface area contributed by atoms with Crippen molar-refractivity contribution >= 4 is 47.1 Å². The van der Waals surface area contributed by atoms with Gasteiger partial charge in [0.05, 0.1) is 28.9 Å². The number of carbonyl (C=O) groups is 3. The number of halogens is 3. The third-order valence-corrected chi connectivity index (χ3v) is 10.5. The molecule has 4 amide bonds. The van der Waals surface area contributed by atoms with Crippen LogP contribution in [0.15, 0.2) is 59.8 Å². The average Bonchev–Trinajstić information content (AvgIpc) is 3.05. The monoisotopic (exact) mass is 671 g/mol. The summed E-state index contributed by atoms with van der Waals surface area (Å²) in [5.74, 6) is 3.98. The van der Waals surface area contributed by atoms with Crippen LogP contribution in [0.2, 0.25) is 0 Å². The van der Waals surface area contributed by atoms with Crippen molar-refractivity contribution in [1.82, 2.24) is 10.2 Å². The molecule has 0 saturated carbocycles. The van der Waals surface area contributed by atoms with Crippen molar-refractivity contribution in [3.63, 3.8) is 0 Å². The topological polar surface area (TPSA) is 120 Å². The Balaban J connectivity index is 0.000000527. The lowest BCUT2D eigenvalue weighted by molar-refractivity contribution is -0.137. The minimum Gasteiger partial charge on any atom is -0.335 e. The molecule has 1 aliphatic carbocycles. The molecule has 0 radical (unpaired) electrons. The Morgan fingerprint density at radius 2 is 1.61 bits per heavy atom. The second-order valence-electron chi connectivity index (χ2n) is 11.6. The Hall–Kier alpha value is -3.47. The summed E-state index contributed by atoms with van der Waals surface area (Å²) in [5.41, 5.74) is 5.94. The van der Waals surface area contributed by atoms with Gasteiger partial charge in [0.1, 0.15) is 0 Å². The molecule has 3 aliphatic heterocycles. The van der Waals surface area contributed by atoms with Crippen molar-refractivity contribution in [2.75, 3.05) is 27.9 Å². The number of amides is 4. The van der Waals surface area contributed by atoms with Crippen LogP contribution in [-0.2, 0) is 11.0 Å². The number of urea groups is 2. The Bertz CT molecular complexity index is 1510. The van der Waals surface area contributed by atoms with E-state index in [1.807, 2.05) is 17.8 Å². The number of imide groups is 1. The first-order chi connectivity index (χ1) is 22.1. The van der Waals surface area contributed by atoms with E-state index >= 15 is 0 Å². The van der Waals surface area contributed by atoms with Crippen LogP contribution in [-0.4, -0.2) is 57.8 Å². The Kier molecular flexibility index (Phi) is 11.0. The highest BCUT2D eigenvalue weighted by Crippen LogP contribution is 2.45. The van der Waals surface area contributed by atoms with Gasteiger partial charge in [-0.3, -0.25) is 9.69 Å². The number of carbonyl (C=O) groups excluding carboxylic acids is 3. The first-order valence-corrected chi connectivity index (χ1v) is 17.7. The van der Waals surface area contributed by atoms with Gasteiger partial charge in [0.15, 0.2) is 5.78 Å². The minimum atomic E-state index is -4.64. The maximum absolute atomic E-state index is 14.1. The summed E-state index contributed by atoms with van der Waals surface area (Å²) in [6, 6.07) is 10.4. The first kappa shape index (κ1) is 33.9. The van der Waals surface area contributed by atoms with Crippen LogP contribution in [0.5, 0.6) is 0 Å². The van der Waals surface area contributed by atoms with Gasteiger partial charge in [-0.15, -0.1) is 0 Å². The first-order valence-electron chi connectivity index (χ1n) is 15.4. The minimum absolute atomic E-state index is 0.0674. The summed E-state index contributed by atoms with van der Waals surface area (Å²) < 4.78 is 40.7. The van der Waals surface area contributed by atoms with Crippen molar-refractivity contribution in [3.05, 3.63) is 76.5 Å². The molecule has 244 valence electrons. The second-order valence-corrected chi connectivity index (χ2v) is 14.0. The number of benzene rings is 2. The van der Waals surface area contributed by atoms with E-state index in [1.54, 1.807) is 36.0 Å². The molecule has 0 bridgehead atoms. The van der Waals surface area contributed by atoms with Crippen LogP contribution in [0.3, 0.4) is 0 Å². The molecular formula is C33H36F3N5O3S2. The molecule has 4 aliphatic rings. The number of allylic oxidation sites excluding steroid dienone is 1. The number of thioether (sulfide) groups is 2. The van der Waals surface area contributed by atoms with E-state index in [-0.39, 0.29) is 35.9 Å². The molecule has 2 saturated heterocycles. The van der Waals surface area contributed by atoms with E-state index in [2.05, 4.69) is 5.32 Å². The van der Waals surface area contributed by atoms with E-state index in [0.29, 0.717) is 42.1 Å². The summed E-state index contributed by atoms with van der Waals surface area (Å²) in [4.78, 5) is 43.4. The van der Waals surface area contributed by atoms with Crippen molar-refractivity contribution in [3.8, 4) is 6.07 Å². The number of Topliss-reactive ketones (excluding diaryl/α,β-unsaturated/α-hetero) is 1. The van der Waals surface area contributed by atoms with Gasteiger partial charge in [-0.1, -0.05) is 18.2 Å². The molecule has 46 heavy (non-hydrogen) atoms. The van der Waals surface area contributed by atoms with E-state index in [0.717, 1.165) is 33.4 Å². The van der Waals surface area contributed by atoms with Gasteiger partial charge in [0.25, 0.3) is 0 Å². The van der Waals surface area contributed by atoms with Crippen molar-refractivity contribution in [2.24, 2.45) is 5.73 Å². The number of nitrogens with zero attached hydrogens (tertiary/aromatic N) is 3. The number of anilines is 1. The average molecular weight is 672 g/mol. The van der Waals surface area contributed by atoms with Gasteiger partial charge >= 0.3 is 18.2 Å². The van der Waals surface area contributed by atoms with Crippen LogP contribution in [0.1, 0.15) is 67.7 Å². The molecular weight excluding hydrogens is 636 g/mol. The fourth-order valence-corrected chi connectivity index (χ4v) is 8.25. The quantitative estimate of drug-likeness (QED) is 0.360. The number of hydrogen-bond donors (Lipinski definition) is 2. The van der Waals surface area contributed by atoms with Gasteiger partial charge in [0, 0.05) is 29.8 Å². The molecule has 0 spiro atoms. The highest BCUT2D eigenvalue weighted by Gasteiger charge is 2.48. The molecule has 13 heteroatoms. The Labute approximate surface area is 274 Å². The third-order valence-electron chi connectivity index (χ3n) is 8.45. The zero-order valence-electron chi connectivity index (χ0n) is 25.2. The van der Waals surface area contributed by atoms with Crippen LogP contribution >= 0.6 is 23.5 Å². The lowest BCUT2D eigenvalue weighted by Crippen LogP contribution is -2.58. The van der Waals surface area contributed by atoms with Crippen LogP contribution in [0, 0.1) is 11.3 Å². The standard InChI is InChI=1S/C28H25F3N4O3S.C5H11NS/c29-28(30,31)19-3-1-4-21(15-19)34-22-5-2-6-23(36)24(22)25(18-9-7-17(16-32)8-10-18)35(27(34)38)26(37)33-20-11-13-39-14-12-20;6-5-1-3-7-4-2-5/h1,3-4,7-10,15,20,25H,2,5-6,11-14H2,(H,33,37);5H,1-4,6H2. The maximum atomic E-state index is 14.1. The molecule has 6 rings (SSSR count).